The summed E-state index contributed by atoms with van der Waals surface area (Å²) < 4.78 is 15.5. The fraction of sp³-hybridized carbons (Fsp3) is 0.238. The van der Waals surface area contributed by atoms with E-state index in [2.05, 4.69) is 47.0 Å². The zero-order chi connectivity index (χ0) is 42.8. The summed E-state index contributed by atoms with van der Waals surface area (Å²) in [6.07, 6.45) is 10.3. The van der Waals surface area contributed by atoms with Crippen LogP contribution in [0.5, 0.6) is 0 Å². The van der Waals surface area contributed by atoms with E-state index in [4.69, 9.17) is 55.6 Å². The Balaban J connectivity index is 0.000000140. The molecule has 0 spiro atoms. The maximum absolute atomic E-state index is 6.41. The molecule has 0 saturated carbocycles. The fourth-order valence-corrected chi connectivity index (χ4v) is 7.05. The van der Waals surface area contributed by atoms with Crippen LogP contribution in [0.3, 0.4) is 0 Å². The van der Waals surface area contributed by atoms with E-state index in [0.717, 1.165) is 57.3 Å². The molecular formula is C42H42BCl3N12O2. The van der Waals surface area contributed by atoms with E-state index < -0.39 is 0 Å². The van der Waals surface area contributed by atoms with Crippen molar-refractivity contribution in [1.82, 2.24) is 49.5 Å². The molecule has 0 unspecified atom stereocenters. The molecule has 8 aromatic rings. The molecule has 0 aliphatic carbocycles. The highest BCUT2D eigenvalue weighted by Gasteiger charge is 2.52. The van der Waals surface area contributed by atoms with Gasteiger partial charge in [-0.05, 0) is 90.1 Å². The Morgan fingerprint density at radius 2 is 1.15 bits per heavy atom. The summed E-state index contributed by atoms with van der Waals surface area (Å²) in [4.78, 5) is 25.7. The molecule has 1 fully saturated rings. The molecule has 2 aromatic carbocycles. The van der Waals surface area contributed by atoms with E-state index in [1.54, 1.807) is 18.5 Å². The van der Waals surface area contributed by atoms with Gasteiger partial charge in [-0.3, -0.25) is 24.3 Å². The van der Waals surface area contributed by atoms with Crippen LogP contribution in [0.25, 0.3) is 55.7 Å². The van der Waals surface area contributed by atoms with E-state index in [1.807, 2.05) is 111 Å². The van der Waals surface area contributed by atoms with Crippen LogP contribution in [0.1, 0.15) is 41.5 Å². The van der Waals surface area contributed by atoms with Crippen LogP contribution in [0.2, 0.25) is 15.2 Å². The highest BCUT2D eigenvalue weighted by molar-refractivity contribution is 6.61. The first kappa shape index (κ1) is 42.4. The number of rotatable bonds is 6. The van der Waals surface area contributed by atoms with Gasteiger partial charge in [0, 0.05) is 59.8 Å². The van der Waals surface area contributed by atoms with Crippen molar-refractivity contribution in [3.8, 4) is 33.9 Å². The molecule has 18 heteroatoms. The summed E-state index contributed by atoms with van der Waals surface area (Å²) in [5.74, 6) is 0.626. The van der Waals surface area contributed by atoms with Gasteiger partial charge in [0.15, 0.2) is 5.15 Å². The molecule has 14 nitrogen and oxygen atoms in total. The quantitative estimate of drug-likeness (QED) is 0.152. The number of benzene rings is 2. The second-order valence-electron chi connectivity index (χ2n) is 14.7. The van der Waals surface area contributed by atoms with Crippen LogP contribution in [0, 0.1) is 0 Å². The number of hydrogen-bond acceptors (Lipinski definition) is 12. The van der Waals surface area contributed by atoms with Crippen molar-refractivity contribution < 1.29 is 9.31 Å². The average molecular weight is 864 g/mol. The monoisotopic (exact) mass is 862 g/mol. The van der Waals surface area contributed by atoms with Gasteiger partial charge in [-0.2, -0.15) is 10.2 Å². The number of aromatic nitrogens is 10. The molecule has 1 aliphatic heterocycles. The number of pyridine rings is 2. The molecule has 0 radical (unpaired) electrons. The third-order valence-corrected chi connectivity index (χ3v) is 10.9. The average Bonchev–Trinajstić information content (AvgIpc) is 3.96. The number of halogens is 3. The molecular weight excluding hydrogens is 822 g/mol. The minimum atomic E-state index is -0.349. The van der Waals surface area contributed by atoms with Gasteiger partial charge in [-0.15, -0.1) is 0 Å². The molecule has 306 valence electrons. The second kappa shape index (κ2) is 17.5. The lowest BCUT2D eigenvalue weighted by molar-refractivity contribution is 0.00578. The standard InChI is InChI=1S/C18H15ClN6.C13H8Cl2N4.C11H19BN2O2/c1-2-25-7-5-14(24-25)18-17(22-10-15(20)23-18)12-8-11-4-3-6-21-16(11)13(19)9-12;14-9-5-8(4-7-2-1-3-17-11(7)9)12-13(15)19-10(16)6-18-12;1-6-14-8-7-9(13-14)12-15-10(2,3)11(4,5)16-12/h3-10H,2H2,1H3,(H2,20,23);1-6H,(H2,16,19);7-8H,6H2,1-5H3. The number of anilines is 2. The van der Waals surface area contributed by atoms with Gasteiger partial charge in [-0.1, -0.05) is 46.9 Å². The lowest BCUT2D eigenvalue weighted by atomic mass is 9.85. The molecule has 0 atom stereocenters. The molecule has 6 aromatic heterocycles. The predicted molar refractivity (Wildman–Crippen MR) is 240 cm³/mol. The third-order valence-electron chi connectivity index (χ3n) is 10.1. The Morgan fingerprint density at radius 1 is 0.633 bits per heavy atom. The molecule has 7 heterocycles. The van der Waals surface area contributed by atoms with Crippen molar-refractivity contribution >= 4 is 81.0 Å². The molecule has 60 heavy (non-hydrogen) atoms. The second-order valence-corrected chi connectivity index (χ2v) is 15.9. The number of aryl methyl sites for hydroxylation is 2. The Morgan fingerprint density at radius 3 is 1.68 bits per heavy atom. The fourth-order valence-electron chi connectivity index (χ4n) is 6.24. The molecule has 4 N–H and O–H groups in total. The zero-order valence-corrected chi connectivity index (χ0v) is 36.1. The highest BCUT2D eigenvalue weighted by Crippen LogP contribution is 2.37. The minimum absolute atomic E-state index is 0.249. The first-order valence-corrected chi connectivity index (χ1v) is 20.2. The number of hydrogen-bond donors (Lipinski definition) is 2. The normalized spacial score (nSPS) is 14.1. The van der Waals surface area contributed by atoms with Gasteiger partial charge in [0.2, 0.25) is 0 Å². The number of nitrogen functional groups attached to an aromatic ring is 2. The first-order valence-electron chi connectivity index (χ1n) is 19.1. The van der Waals surface area contributed by atoms with E-state index in [9.17, 15) is 0 Å². The highest BCUT2D eigenvalue weighted by atomic mass is 35.5. The molecule has 9 rings (SSSR count). The van der Waals surface area contributed by atoms with Gasteiger partial charge in [0.1, 0.15) is 28.7 Å². The van der Waals surface area contributed by atoms with Crippen molar-refractivity contribution in [1.29, 1.82) is 0 Å². The molecule has 1 aliphatic rings. The number of fused-ring (bicyclic) bond motifs is 2. The van der Waals surface area contributed by atoms with Gasteiger partial charge in [-0.25, -0.2) is 15.0 Å². The van der Waals surface area contributed by atoms with Crippen molar-refractivity contribution in [2.24, 2.45) is 0 Å². The van der Waals surface area contributed by atoms with Crippen LogP contribution in [-0.4, -0.2) is 67.8 Å². The van der Waals surface area contributed by atoms with E-state index in [1.165, 1.54) is 12.4 Å². The summed E-state index contributed by atoms with van der Waals surface area (Å²) in [5, 5.41) is 12.1. The van der Waals surface area contributed by atoms with E-state index >= 15 is 0 Å². The Bertz CT molecular complexity index is 2800. The smallest absolute Gasteiger partial charge is 0.398 e. The topological polar surface area (TPSA) is 183 Å². The van der Waals surface area contributed by atoms with Gasteiger partial charge in [0.25, 0.3) is 0 Å². The molecule has 0 bridgehead atoms. The third kappa shape index (κ3) is 9.05. The van der Waals surface area contributed by atoms with Crippen LogP contribution >= 0.6 is 34.8 Å². The van der Waals surface area contributed by atoms with E-state index in [-0.39, 0.29) is 29.3 Å². The maximum Gasteiger partial charge on any atom is 0.516 e. The van der Waals surface area contributed by atoms with Crippen LogP contribution in [0.4, 0.5) is 11.6 Å². The summed E-state index contributed by atoms with van der Waals surface area (Å²) in [7, 11) is -0.349. The minimum Gasteiger partial charge on any atom is -0.398 e. The van der Waals surface area contributed by atoms with Gasteiger partial charge >= 0.3 is 7.12 Å². The summed E-state index contributed by atoms with van der Waals surface area (Å²) in [6, 6.07) is 19.0. The SMILES string of the molecule is CCn1ccc(-c2nc(N)cnc2-c2cc(Cl)c3ncccc3c2)n1.CCn1ccc(B2OC(C)(C)C(C)(C)O2)n1.Nc1cnc(-c2cc(Cl)c3ncccc3c2)c(Cl)n1. The van der Waals surface area contributed by atoms with Crippen LogP contribution in [0.15, 0.2) is 97.8 Å². The maximum atomic E-state index is 6.41. The van der Waals surface area contributed by atoms with Crippen LogP contribution < -0.4 is 17.1 Å². The summed E-state index contributed by atoms with van der Waals surface area (Å²) in [6.45, 7) is 13.9. The Kier molecular flexibility index (Phi) is 12.4. The Hall–Kier alpha value is -5.71. The predicted octanol–water partition coefficient (Wildman–Crippen LogP) is 8.59. The first-order chi connectivity index (χ1) is 28.7. The van der Waals surface area contributed by atoms with Crippen molar-refractivity contribution in [3.05, 3.63) is 113 Å². The van der Waals surface area contributed by atoms with Gasteiger partial charge in [0.05, 0.1) is 56.0 Å². The van der Waals surface area contributed by atoms with E-state index in [0.29, 0.717) is 32.9 Å². The lowest BCUT2D eigenvalue weighted by Gasteiger charge is -2.32. The van der Waals surface area contributed by atoms with Crippen molar-refractivity contribution in [3.63, 3.8) is 0 Å². The van der Waals surface area contributed by atoms with Crippen molar-refractivity contribution in [2.45, 2.75) is 65.8 Å². The molecule has 0 amide bonds. The summed E-state index contributed by atoms with van der Waals surface area (Å²) >= 11 is 18.7. The Labute approximate surface area is 362 Å². The van der Waals surface area contributed by atoms with Gasteiger partial charge < -0.3 is 20.8 Å². The lowest BCUT2D eigenvalue weighted by Crippen LogP contribution is -2.41. The van der Waals surface area contributed by atoms with Crippen LogP contribution in [-0.2, 0) is 22.4 Å². The number of nitrogens with two attached hydrogens (primary N) is 2. The summed E-state index contributed by atoms with van der Waals surface area (Å²) in [5.41, 5.74) is 17.4. The molecule has 1 saturated heterocycles. The zero-order valence-electron chi connectivity index (χ0n) is 33.8. The number of nitrogens with zero attached hydrogens (tertiary/aromatic N) is 10. The van der Waals surface area contributed by atoms with Crippen molar-refractivity contribution in [2.75, 3.05) is 11.5 Å². The largest absolute Gasteiger partial charge is 0.516 e.